The highest BCUT2D eigenvalue weighted by Gasteiger charge is 2.36. The minimum atomic E-state index is -0.587. The lowest BCUT2D eigenvalue weighted by atomic mass is 10.3. The molecule has 0 aromatic heterocycles. The van der Waals surface area contributed by atoms with E-state index in [9.17, 15) is 0 Å². The van der Waals surface area contributed by atoms with Gasteiger partial charge in [0.25, 0.3) is 0 Å². The van der Waals surface area contributed by atoms with Crippen molar-refractivity contribution < 1.29 is 9.47 Å². The van der Waals surface area contributed by atoms with Crippen molar-refractivity contribution in [2.75, 3.05) is 13.2 Å². The maximum atomic E-state index is 6.35. The van der Waals surface area contributed by atoms with Crippen molar-refractivity contribution in [2.45, 2.75) is 97.2 Å². The van der Waals surface area contributed by atoms with Gasteiger partial charge >= 0.3 is 0 Å². The first-order valence-electron chi connectivity index (χ1n) is 9.14. The fraction of sp³-hybridized carbons (Fsp3) is 1.00. The topological polar surface area (TPSA) is 18.5 Å². The Morgan fingerprint density at radius 1 is 0.667 bits per heavy atom. The molecule has 0 aliphatic carbocycles. The first kappa shape index (κ1) is 21.4. The summed E-state index contributed by atoms with van der Waals surface area (Å²) in [7, 11) is -0.905. The maximum Gasteiger partial charge on any atom is 0.162 e. The number of rotatable bonds is 13. The van der Waals surface area contributed by atoms with Crippen LogP contribution in [0.4, 0.5) is 0 Å². The molecular formula is C17H38O2Si2. The monoisotopic (exact) mass is 330 g/mol. The van der Waals surface area contributed by atoms with Crippen molar-refractivity contribution in [1.29, 1.82) is 0 Å². The summed E-state index contributed by atoms with van der Waals surface area (Å²) >= 11 is 0. The van der Waals surface area contributed by atoms with Crippen LogP contribution in [0.3, 0.4) is 0 Å². The van der Waals surface area contributed by atoms with Gasteiger partial charge in [-0.15, -0.1) is 0 Å². The Morgan fingerprint density at radius 2 is 1.14 bits per heavy atom. The van der Waals surface area contributed by atoms with Crippen LogP contribution < -0.4 is 0 Å². The minimum Gasteiger partial charge on any atom is -0.351 e. The number of ether oxygens (including phenoxy) is 2. The fourth-order valence-electron chi connectivity index (χ4n) is 3.22. The molecule has 0 aromatic carbocycles. The molecule has 0 heterocycles. The summed E-state index contributed by atoms with van der Waals surface area (Å²) < 4.78 is 12.7. The van der Waals surface area contributed by atoms with Crippen LogP contribution in [0.2, 0.25) is 18.1 Å². The van der Waals surface area contributed by atoms with Crippen molar-refractivity contribution in [3.63, 3.8) is 0 Å². The van der Waals surface area contributed by atoms with Gasteiger partial charge in [-0.3, -0.25) is 0 Å². The zero-order chi connectivity index (χ0) is 16.1. The van der Waals surface area contributed by atoms with Crippen molar-refractivity contribution in [3.05, 3.63) is 0 Å². The smallest absolute Gasteiger partial charge is 0.162 e. The molecule has 126 valence electrons. The summed E-state index contributed by atoms with van der Waals surface area (Å²) in [6.45, 7) is 15.1. The normalized spacial score (nSPS) is 11.7. The number of hydrogen-bond donors (Lipinski definition) is 0. The molecule has 0 rings (SSSR count). The Kier molecular flexibility index (Phi) is 13.1. The van der Waals surface area contributed by atoms with Crippen molar-refractivity contribution in [2.24, 2.45) is 0 Å². The summed E-state index contributed by atoms with van der Waals surface area (Å²) in [4.78, 5) is 0. The predicted molar refractivity (Wildman–Crippen MR) is 97.7 cm³/mol. The quantitative estimate of drug-likeness (QED) is 0.333. The SMILES string of the molecule is CCC[Si](CCC)=[Si](CCC)C(CCC)(OCC)OCC. The van der Waals surface area contributed by atoms with Crippen LogP contribution in [-0.4, -0.2) is 34.4 Å². The lowest BCUT2D eigenvalue weighted by molar-refractivity contribution is -0.180. The summed E-state index contributed by atoms with van der Waals surface area (Å²) in [6, 6.07) is 4.25. The van der Waals surface area contributed by atoms with E-state index in [4.69, 9.17) is 9.47 Å². The molecule has 0 saturated heterocycles. The first-order valence-corrected chi connectivity index (χ1v) is 13.8. The molecule has 21 heavy (non-hydrogen) atoms. The van der Waals surface area contributed by atoms with Gasteiger partial charge in [-0.25, -0.2) is 0 Å². The highest BCUT2D eigenvalue weighted by atomic mass is 28.9. The van der Waals surface area contributed by atoms with Gasteiger partial charge in [0.05, 0.1) is 7.89 Å². The first-order chi connectivity index (χ1) is 10.2. The maximum absolute atomic E-state index is 6.35. The molecule has 0 radical (unpaired) electrons. The van der Waals surface area contributed by atoms with E-state index in [2.05, 4.69) is 41.5 Å². The average molecular weight is 331 g/mol. The van der Waals surface area contributed by atoms with Gasteiger partial charge in [-0.1, -0.05) is 53.4 Å². The van der Waals surface area contributed by atoms with E-state index in [1.807, 2.05) is 0 Å². The van der Waals surface area contributed by atoms with E-state index >= 15 is 0 Å². The molecule has 0 unspecified atom stereocenters. The van der Waals surface area contributed by atoms with E-state index in [0.717, 1.165) is 26.1 Å². The Morgan fingerprint density at radius 3 is 1.48 bits per heavy atom. The second-order valence-electron chi connectivity index (χ2n) is 5.70. The summed E-state index contributed by atoms with van der Waals surface area (Å²) in [5.41, 5.74) is -0.211. The van der Waals surface area contributed by atoms with Crippen LogP contribution >= 0.6 is 0 Å². The Hall–Kier alpha value is 0.354. The van der Waals surface area contributed by atoms with Crippen LogP contribution in [-0.2, 0) is 9.47 Å². The zero-order valence-electron chi connectivity index (χ0n) is 15.4. The van der Waals surface area contributed by atoms with E-state index in [-0.39, 0.29) is 13.3 Å². The second kappa shape index (κ2) is 12.9. The molecule has 0 bridgehead atoms. The summed E-state index contributed by atoms with van der Waals surface area (Å²) in [5, 5.41) is 0. The predicted octanol–water partition coefficient (Wildman–Crippen LogP) is 5.39. The molecule has 0 aliphatic rings. The lowest BCUT2D eigenvalue weighted by Gasteiger charge is -2.37. The Bertz CT molecular complexity index is 265. The van der Waals surface area contributed by atoms with Gasteiger partial charge in [0, 0.05) is 19.6 Å². The third-order valence-corrected chi connectivity index (χ3v) is 15.3. The average Bonchev–Trinajstić information content (AvgIpc) is 2.45. The van der Waals surface area contributed by atoms with Crippen molar-refractivity contribution in [3.8, 4) is 0 Å². The largest absolute Gasteiger partial charge is 0.351 e. The van der Waals surface area contributed by atoms with Crippen LogP contribution in [0.25, 0.3) is 0 Å². The van der Waals surface area contributed by atoms with Gasteiger partial charge in [0.2, 0.25) is 0 Å². The molecule has 0 spiro atoms. The molecule has 0 N–H and O–H groups in total. The van der Waals surface area contributed by atoms with Gasteiger partial charge in [0.1, 0.15) is 0 Å². The fourth-order valence-corrected chi connectivity index (χ4v) is 15.8. The molecule has 0 fully saturated rings. The van der Waals surface area contributed by atoms with Gasteiger partial charge < -0.3 is 9.47 Å². The summed E-state index contributed by atoms with van der Waals surface area (Å²) in [5.74, 6) is 0. The van der Waals surface area contributed by atoms with E-state index in [1.54, 1.807) is 0 Å². The zero-order valence-corrected chi connectivity index (χ0v) is 17.4. The molecule has 0 atom stereocenters. The highest BCUT2D eigenvalue weighted by Crippen LogP contribution is 2.25. The Labute approximate surface area is 136 Å². The van der Waals surface area contributed by atoms with Crippen LogP contribution in [0.1, 0.15) is 73.6 Å². The molecule has 0 aliphatic heterocycles. The van der Waals surface area contributed by atoms with Crippen LogP contribution in [0, 0.1) is 0 Å². The lowest BCUT2D eigenvalue weighted by Crippen LogP contribution is -2.50. The van der Waals surface area contributed by atoms with Crippen LogP contribution in [0.5, 0.6) is 0 Å². The van der Waals surface area contributed by atoms with Crippen molar-refractivity contribution in [1.82, 2.24) is 0 Å². The number of hydrogen-bond acceptors (Lipinski definition) is 2. The Balaban J connectivity index is 5.77. The van der Waals surface area contributed by atoms with Gasteiger partial charge in [0.15, 0.2) is 5.41 Å². The summed E-state index contributed by atoms with van der Waals surface area (Å²) in [6.07, 6.45) is 6.18. The molecule has 0 aromatic rings. The standard InChI is InChI=1S/C17H38O2Si2/c1-7-13-17(18-11-5,19-12-6)21(16-10-4)20(14-8-2)15-9-3/h7-16H2,1-6H3. The van der Waals surface area contributed by atoms with Crippen LogP contribution in [0.15, 0.2) is 0 Å². The van der Waals surface area contributed by atoms with E-state index in [0.29, 0.717) is 0 Å². The highest BCUT2D eigenvalue weighted by molar-refractivity contribution is 6.97. The van der Waals surface area contributed by atoms with Gasteiger partial charge in [-0.2, -0.15) is 0 Å². The second-order valence-corrected chi connectivity index (χ2v) is 14.1. The van der Waals surface area contributed by atoms with E-state index < -0.39 is 7.89 Å². The molecule has 0 amide bonds. The molecule has 0 saturated carbocycles. The third kappa shape index (κ3) is 6.97. The molecule has 2 nitrogen and oxygen atoms in total. The van der Waals surface area contributed by atoms with Crippen molar-refractivity contribution >= 4 is 15.8 Å². The third-order valence-electron chi connectivity index (χ3n) is 3.82. The minimum absolute atomic E-state index is 0.211. The molecular weight excluding hydrogens is 292 g/mol. The van der Waals surface area contributed by atoms with Gasteiger partial charge in [-0.05, 0) is 39.9 Å². The molecule has 4 heteroatoms. The van der Waals surface area contributed by atoms with E-state index in [1.165, 1.54) is 37.4 Å².